The molecule has 2 N–H and O–H groups in total. The summed E-state index contributed by atoms with van der Waals surface area (Å²) < 4.78 is 0. The van der Waals surface area contributed by atoms with Crippen LogP contribution in [0.2, 0.25) is 5.02 Å². The Balaban J connectivity index is 2.82. The average Bonchev–Trinajstić information content (AvgIpc) is 2.25. The Morgan fingerprint density at radius 3 is 2.65 bits per heavy atom. The molecule has 4 heteroatoms. The first kappa shape index (κ1) is 13.8. The fourth-order valence-corrected chi connectivity index (χ4v) is 1.77. The van der Waals surface area contributed by atoms with Crippen LogP contribution in [0.25, 0.3) is 0 Å². The Hall–Kier alpha value is -1.22. The minimum Gasteiger partial charge on any atom is -0.398 e. The second-order valence-electron chi connectivity index (χ2n) is 4.61. The Kier molecular flexibility index (Phi) is 4.82. The molecule has 0 unspecified atom stereocenters. The molecule has 0 radical (unpaired) electrons. The van der Waals surface area contributed by atoms with Crippen LogP contribution in [0, 0.1) is 5.92 Å². The predicted octanol–water partition coefficient (Wildman–Crippen LogP) is 3.04. The van der Waals surface area contributed by atoms with Gasteiger partial charge < -0.3 is 10.6 Å². The van der Waals surface area contributed by atoms with Crippen molar-refractivity contribution in [1.29, 1.82) is 0 Å². The molecule has 0 aliphatic carbocycles. The number of amides is 1. The lowest BCUT2D eigenvalue weighted by molar-refractivity contribution is 0.0790. The van der Waals surface area contributed by atoms with Gasteiger partial charge in [-0.25, -0.2) is 0 Å². The van der Waals surface area contributed by atoms with E-state index >= 15 is 0 Å². The summed E-state index contributed by atoms with van der Waals surface area (Å²) in [5.74, 6) is 0.447. The fraction of sp³-hybridized carbons (Fsp3) is 0.462. The van der Waals surface area contributed by atoms with E-state index in [1.165, 1.54) is 0 Å². The zero-order valence-corrected chi connectivity index (χ0v) is 11.3. The van der Waals surface area contributed by atoms with E-state index in [2.05, 4.69) is 13.8 Å². The third-order valence-corrected chi connectivity index (χ3v) is 2.96. The van der Waals surface area contributed by atoms with Crippen molar-refractivity contribution in [3.8, 4) is 0 Å². The van der Waals surface area contributed by atoms with Gasteiger partial charge in [-0.1, -0.05) is 31.5 Å². The van der Waals surface area contributed by atoms with E-state index in [0.717, 1.165) is 6.42 Å². The van der Waals surface area contributed by atoms with Crippen LogP contribution in [-0.4, -0.2) is 24.4 Å². The highest BCUT2D eigenvalue weighted by molar-refractivity contribution is 6.34. The van der Waals surface area contributed by atoms with Crippen LogP contribution in [-0.2, 0) is 0 Å². The van der Waals surface area contributed by atoms with Gasteiger partial charge in [0.05, 0.1) is 10.6 Å². The zero-order valence-electron chi connectivity index (χ0n) is 10.5. The summed E-state index contributed by atoms with van der Waals surface area (Å²) in [5.41, 5.74) is 6.62. The van der Waals surface area contributed by atoms with Crippen LogP contribution in [0.4, 0.5) is 5.69 Å². The van der Waals surface area contributed by atoms with Gasteiger partial charge in [-0.15, -0.1) is 0 Å². The lowest BCUT2D eigenvalue weighted by atomic mass is 10.1. The molecule has 0 spiro atoms. The molecule has 0 fully saturated rings. The summed E-state index contributed by atoms with van der Waals surface area (Å²) in [7, 11) is 1.77. The Bertz CT molecular complexity index is 384. The molecule has 94 valence electrons. The van der Waals surface area contributed by atoms with E-state index in [4.69, 9.17) is 17.3 Å². The van der Waals surface area contributed by atoms with Gasteiger partial charge in [0.25, 0.3) is 5.91 Å². The van der Waals surface area contributed by atoms with Gasteiger partial charge in [-0.3, -0.25) is 4.79 Å². The third-order valence-electron chi connectivity index (χ3n) is 2.65. The molecule has 0 aliphatic rings. The van der Waals surface area contributed by atoms with Crippen LogP contribution in [0.1, 0.15) is 30.6 Å². The van der Waals surface area contributed by atoms with Crippen molar-refractivity contribution in [3.63, 3.8) is 0 Å². The number of carbonyl (C=O) groups excluding carboxylic acids is 1. The second-order valence-corrected chi connectivity index (χ2v) is 5.02. The van der Waals surface area contributed by atoms with Crippen LogP contribution < -0.4 is 5.73 Å². The SMILES string of the molecule is CC(C)CCN(C)C(=O)c1c(N)cccc1Cl. The van der Waals surface area contributed by atoms with Gasteiger partial charge >= 0.3 is 0 Å². The number of nitrogens with zero attached hydrogens (tertiary/aromatic N) is 1. The van der Waals surface area contributed by atoms with E-state index in [9.17, 15) is 4.79 Å². The minimum absolute atomic E-state index is 0.117. The molecule has 0 bridgehead atoms. The normalized spacial score (nSPS) is 10.6. The summed E-state index contributed by atoms with van der Waals surface area (Å²) in [6.07, 6.45) is 0.965. The Morgan fingerprint density at radius 1 is 1.47 bits per heavy atom. The molecule has 0 aromatic heterocycles. The van der Waals surface area contributed by atoms with Crippen molar-refractivity contribution >= 4 is 23.2 Å². The van der Waals surface area contributed by atoms with E-state index in [0.29, 0.717) is 28.7 Å². The quantitative estimate of drug-likeness (QED) is 0.840. The molecule has 0 saturated carbocycles. The van der Waals surface area contributed by atoms with Gasteiger partial charge in [0.15, 0.2) is 0 Å². The predicted molar refractivity (Wildman–Crippen MR) is 72.3 cm³/mol. The number of anilines is 1. The highest BCUT2D eigenvalue weighted by Crippen LogP contribution is 2.23. The molecule has 0 aliphatic heterocycles. The number of hydrogen-bond donors (Lipinski definition) is 1. The van der Waals surface area contributed by atoms with Crippen LogP contribution in [0.5, 0.6) is 0 Å². The maximum Gasteiger partial charge on any atom is 0.257 e. The van der Waals surface area contributed by atoms with Crippen LogP contribution in [0.15, 0.2) is 18.2 Å². The van der Waals surface area contributed by atoms with E-state index < -0.39 is 0 Å². The number of carbonyl (C=O) groups is 1. The van der Waals surface area contributed by atoms with Crippen molar-refractivity contribution < 1.29 is 4.79 Å². The Morgan fingerprint density at radius 2 is 2.12 bits per heavy atom. The number of hydrogen-bond acceptors (Lipinski definition) is 2. The fourth-order valence-electron chi connectivity index (χ4n) is 1.51. The van der Waals surface area contributed by atoms with Gasteiger partial charge in [0.1, 0.15) is 0 Å². The number of nitrogen functional groups attached to an aromatic ring is 1. The highest BCUT2D eigenvalue weighted by atomic mass is 35.5. The van der Waals surface area contributed by atoms with Gasteiger partial charge in [-0.05, 0) is 24.5 Å². The van der Waals surface area contributed by atoms with Crippen molar-refractivity contribution in [3.05, 3.63) is 28.8 Å². The standard InChI is InChI=1S/C13H19ClN2O/c1-9(2)7-8-16(3)13(17)12-10(14)5-4-6-11(12)15/h4-6,9H,7-8,15H2,1-3H3. The smallest absolute Gasteiger partial charge is 0.257 e. The number of benzene rings is 1. The van der Waals surface area contributed by atoms with Gasteiger partial charge in [0, 0.05) is 19.3 Å². The van der Waals surface area contributed by atoms with Crippen molar-refractivity contribution in [2.45, 2.75) is 20.3 Å². The van der Waals surface area contributed by atoms with Crippen LogP contribution in [0.3, 0.4) is 0 Å². The monoisotopic (exact) mass is 254 g/mol. The number of halogens is 1. The van der Waals surface area contributed by atoms with E-state index in [1.54, 1.807) is 30.1 Å². The molecular weight excluding hydrogens is 236 g/mol. The van der Waals surface area contributed by atoms with Gasteiger partial charge in [-0.2, -0.15) is 0 Å². The van der Waals surface area contributed by atoms with E-state index in [-0.39, 0.29) is 5.91 Å². The maximum atomic E-state index is 12.2. The number of rotatable bonds is 4. The van der Waals surface area contributed by atoms with Crippen molar-refractivity contribution in [1.82, 2.24) is 4.90 Å². The first-order valence-corrected chi connectivity index (χ1v) is 6.10. The summed E-state index contributed by atoms with van der Waals surface area (Å²) in [4.78, 5) is 13.8. The number of nitrogens with two attached hydrogens (primary N) is 1. The largest absolute Gasteiger partial charge is 0.398 e. The molecule has 0 atom stereocenters. The molecule has 1 rings (SSSR count). The van der Waals surface area contributed by atoms with Gasteiger partial charge in [0.2, 0.25) is 0 Å². The lowest BCUT2D eigenvalue weighted by Gasteiger charge is -2.19. The average molecular weight is 255 g/mol. The van der Waals surface area contributed by atoms with E-state index in [1.807, 2.05) is 0 Å². The second kappa shape index (κ2) is 5.92. The molecule has 1 amide bonds. The summed E-state index contributed by atoms with van der Waals surface area (Å²) in [5, 5.41) is 0.409. The lowest BCUT2D eigenvalue weighted by Crippen LogP contribution is -2.29. The van der Waals surface area contributed by atoms with Crippen LogP contribution >= 0.6 is 11.6 Å². The Labute approximate surface area is 108 Å². The topological polar surface area (TPSA) is 46.3 Å². The first-order valence-electron chi connectivity index (χ1n) is 5.73. The molecule has 1 aromatic carbocycles. The molecule has 0 heterocycles. The third kappa shape index (κ3) is 3.63. The summed E-state index contributed by atoms with van der Waals surface area (Å²) >= 11 is 6.00. The highest BCUT2D eigenvalue weighted by Gasteiger charge is 2.17. The molecule has 0 saturated heterocycles. The molecular formula is C13H19ClN2O. The maximum absolute atomic E-state index is 12.2. The van der Waals surface area contributed by atoms with Crippen molar-refractivity contribution in [2.24, 2.45) is 5.92 Å². The zero-order chi connectivity index (χ0) is 13.0. The summed E-state index contributed by atoms with van der Waals surface area (Å²) in [6, 6.07) is 5.11. The van der Waals surface area contributed by atoms with Crippen molar-refractivity contribution in [2.75, 3.05) is 19.3 Å². The molecule has 3 nitrogen and oxygen atoms in total. The molecule has 1 aromatic rings. The summed E-state index contributed by atoms with van der Waals surface area (Å²) in [6.45, 7) is 4.96. The first-order chi connectivity index (χ1) is 7.93. The minimum atomic E-state index is -0.117. The molecule has 17 heavy (non-hydrogen) atoms.